The van der Waals surface area contributed by atoms with E-state index in [0.29, 0.717) is 11.0 Å². The van der Waals surface area contributed by atoms with Crippen molar-refractivity contribution < 1.29 is 37.0 Å². The van der Waals surface area contributed by atoms with Crippen molar-refractivity contribution in [1.82, 2.24) is 0 Å². The molecule has 0 bridgehead atoms. The minimum absolute atomic E-state index is 0.171. The summed E-state index contributed by atoms with van der Waals surface area (Å²) >= 11 is 0. The molecule has 16 heavy (non-hydrogen) atoms. The van der Waals surface area contributed by atoms with Crippen molar-refractivity contribution in [3.05, 3.63) is 0 Å². The summed E-state index contributed by atoms with van der Waals surface area (Å²) in [6, 6.07) is 0. The second-order valence-electron chi connectivity index (χ2n) is 4.13. The van der Waals surface area contributed by atoms with E-state index in [9.17, 15) is 4.79 Å². The highest BCUT2D eigenvalue weighted by Crippen LogP contribution is 1.98. The van der Waals surface area contributed by atoms with Crippen LogP contribution in [0.5, 0.6) is 0 Å². The van der Waals surface area contributed by atoms with Crippen molar-refractivity contribution in [2.24, 2.45) is 0 Å². The third-order valence-electron chi connectivity index (χ3n) is 1.17. The Morgan fingerprint density at radius 1 is 1.31 bits per heavy atom. The van der Waals surface area contributed by atoms with E-state index >= 15 is 0 Å². The van der Waals surface area contributed by atoms with Crippen molar-refractivity contribution in [1.29, 1.82) is 0 Å². The van der Waals surface area contributed by atoms with Crippen LogP contribution in [0.2, 0.25) is 0 Å². The van der Waals surface area contributed by atoms with E-state index in [1.807, 2.05) is 21.1 Å². The molecule has 98 valence electrons. The molecule has 0 saturated heterocycles. The second kappa shape index (κ2) is 6.76. The van der Waals surface area contributed by atoms with Gasteiger partial charge in [-0.2, -0.15) is 0 Å². The summed E-state index contributed by atoms with van der Waals surface area (Å²) < 4.78 is 34.7. The molecule has 0 aromatic rings. The molecule has 9 heteroatoms. The van der Waals surface area contributed by atoms with Gasteiger partial charge in [-0.3, -0.25) is 13.2 Å². The monoisotopic (exact) mass is 258 g/mol. The maximum Gasteiger partial charge on any atom is 0.306 e. The zero-order valence-electron chi connectivity index (χ0n) is 9.28. The molecule has 0 spiro atoms. The topological polar surface area (TPSA) is 138 Å². The summed E-state index contributed by atoms with van der Waals surface area (Å²) in [4.78, 5) is 10.1. The van der Waals surface area contributed by atoms with E-state index in [0.717, 1.165) is 0 Å². The van der Waals surface area contributed by atoms with Crippen LogP contribution in [-0.4, -0.2) is 72.0 Å². The van der Waals surface area contributed by atoms with Crippen LogP contribution in [0.15, 0.2) is 0 Å². The van der Waals surface area contributed by atoms with Gasteiger partial charge in [-0.15, -0.1) is 0 Å². The lowest BCUT2D eigenvalue weighted by Gasteiger charge is -2.25. The molecule has 0 radical (unpaired) electrons. The second-order valence-corrected chi connectivity index (χ2v) is 4.95. The normalized spacial score (nSPS) is 13.6. The van der Waals surface area contributed by atoms with Crippen molar-refractivity contribution in [2.75, 3.05) is 27.7 Å². The van der Waals surface area contributed by atoms with Gasteiger partial charge in [0, 0.05) is 10.4 Å². The van der Waals surface area contributed by atoms with Crippen molar-refractivity contribution >= 4 is 16.4 Å². The van der Waals surface area contributed by atoms with Crippen LogP contribution in [0.3, 0.4) is 0 Å². The Labute approximate surface area is 94.3 Å². The molecule has 0 rings (SSSR count). The summed E-state index contributed by atoms with van der Waals surface area (Å²) in [5.41, 5.74) is 0. The standard InChI is InChI=1S/C7H15NO3.H2O4S/c1-8(2,3)5-6(9)4-7(10)11;1-5(2,3)4/h6,9H,4-5H2,1-3H3;(H2,1,2,3,4)/p-1/t6-;/m1./s1. The van der Waals surface area contributed by atoms with Crippen LogP contribution in [0.25, 0.3) is 0 Å². The third-order valence-corrected chi connectivity index (χ3v) is 1.17. The van der Waals surface area contributed by atoms with Crippen molar-refractivity contribution in [3.63, 3.8) is 0 Å². The first-order chi connectivity index (χ1) is 6.81. The van der Waals surface area contributed by atoms with Gasteiger partial charge in [-0.05, 0) is 0 Å². The van der Waals surface area contributed by atoms with Gasteiger partial charge < -0.3 is 23.8 Å². The average Bonchev–Trinajstić information content (AvgIpc) is 1.72. The summed E-state index contributed by atoms with van der Waals surface area (Å²) in [6.07, 6.45) is -0.914. The lowest BCUT2D eigenvalue weighted by atomic mass is 10.2. The molecule has 1 atom stereocenters. The molecule has 0 saturated carbocycles. The van der Waals surface area contributed by atoms with Gasteiger partial charge in [0.25, 0.3) is 0 Å². The van der Waals surface area contributed by atoms with E-state index < -0.39 is 22.5 Å². The average molecular weight is 258 g/mol. The highest BCUT2D eigenvalue weighted by molar-refractivity contribution is 7.79. The van der Waals surface area contributed by atoms with E-state index in [4.69, 9.17) is 27.7 Å². The maximum absolute atomic E-state index is 10.1. The Bertz CT molecular complexity index is 297. The number of likely N-dealkylation sites (N-methyl/N-ethyl adjacent to an activating group) is 1. The molecule has 0 aromatic carbocycles. The molecule has 0 aliphatic carbocycles. The maximum atomic E-state index is 10.1. The molecule has 8 nitrogen and oxygen atoms in total. The molecule has 0 aliphatic heterocycles. The fourth-order valence-electron chi connectivity index (χ4n) is 0.898. The number of rotatable bonds is 4. The zero-order chi connectivity index (χ0) is 13.6. The quantitative estimate of drug-likeness (QED) is 0.344. The minimum Gasteiger partial charge on any atom is -0.759 e. The number of aliphatic hydroxyl groups is 1. The molecule has 0 aliphatic rings. The summed E-state index contributed by atoms with van der Waals surface area (Å²) in [7, 11) is 0.557. The molecule has 0 fully saturated rings. The Kier molecular flexibility index (Phi) is 7.46. The molecular weight excluding hydrogens is 242 g/mol. The van der Waals surface area contributed by atoms with Gasteiger partial charge in [-0.25, -0.2) is 0 Å². The number of carbonyl (C=O) groups is 1. The van der Waals surface area contributed by atoms with Gasteiger partial charge in [0.05, 0.1) is 27.6 Å². The smallest absolute Gasteiger partial charge is 0.306 e. The molecule has 0 amide bonds. The van der Waals surface area contributed by atoms with Crippen LogP contribution in [-0.2, 0) is 15.2 Å². The van der Waals surface area contributed by atoms with E-state index in [-0.39, 0.29) is 6.42 Å². The summed E-state index contributed by atoms with van der Waals surface area (Å²) in [5.74, 6) is -0.953. The Balaban J connectivity index is 0. The summed E-state index contributed by atoms with van der Waals surface area (Å²) in [5, 5.41) is 17.5. The number of quaternary nitrogens is 1. The molecular formula is C7H16NO7S-. The first-order valence-electron chi connectivity index (χ1n) is 4.18. The predicted octanol–water partition coefficient (Wildman–Crippen LogP) is -1.81. The fourth-order valence-corrected chi connectivity index (χ4v) is 0.898. The van der Waals surface area contributed by atoms with Gasteiger partial charge in [0.1, 0.15) is 12.6 Å². The van der Waals surface area contributed by atoms with E-state index in [2.05, 4.69) is 0 Å². The van der Waals surface area contributed by atoms with Gasteiger partial charge in [0.15, 0.2) is 0 Å². The largest absolute Gasteiger partial charge is 0.759 e. The number of nitrogens with zero attached hydrogens (tertiary/aromatic N) is 1. The SMILES string of the molecule is C[N+](C)(C)C[C@H](O)CC(=O)O.O=S(=O)([O-])[O-]. The Morgan fingerprint density at radius 3 is 1.81 bits per heavy atom. The molecule has 0 unspecified atom stereocenters. The Morgan fingerprint density at radius 2 is 1.62 bits per heavy atom. The van der Waals surface area contributed by atoms with Crippen LogP contribution >= 0.6 is 0 Å². The Hall–Kier alpha value is -0.740. The number of aliphatic hydroxyl groups excluding tert-OH is 1. The highest BCUT2D eigenvalue weighted by atomic mass is 32.3. The number of hydrogen-bond acceptors (Lipinski definition) is 6. The highest BCUT2D eigenvalue weighted by Gasteiger charge is 2.17. The van der Waals surface area contributed by atoms with Crippen molar-refractivity contribution in [3.8, 4) is 0 Å². The zero-order valence-corrected chi connectivity index (χ0v) is 10.1. The van der Waals surface area contributed by atoms with Gasteiger partial charge >= 0.3 is 5.97 Å². The molecule has 0 heterocycles. The first kappa shape index (κ1) is 17.6. The summed E-state index contributed by atoms with van der Waals surface area (Å²) in [6.45, 7) is 0.465. The minimum atomic E-state index is -5.17. The van der Waals surface area contributed by atoms with Crippen LogP contribution in [0.1, 0.15) is 6.42 Å². The van der Waals surface area contributed by atoms with Gasteiger partial charge in [-0.1, -0.05) is 0 Å². The first-order valence-corrected chi connectivity index (χ1v) is 5.51. The number of aliphatic carboxylic acids is 1. The number of carboxylic acids is 1. The van der Waals surface area contributed by atoms with Crippen molar-refractivity contribution in [2.45, 2.75) is 12.5 Å². The third kappa shape index (κ3) is 29.2. The van der Waals surface area contributed by atoms with Crippen LogP contribution in [0, 0.1) is 0 Å². The van der Waals surface area contributed by atoms with Crippen LogP contribution < -0.4 is 0 Å². The van der Waals surface area contributed by atoms with E-state index in [1.165, 1.54) is 0 Å². The van der Waals surface area contributed by atoms with Gasteiger partial charge in [0.2, 0.25) is 0 Å². The number of carboxylic acid groups (broad SMARTS) is 1. The molecule has 0 aromatic heterocycles. The van der Waals surface area contributed by atoms with E-state index in [1.54, 1.807) is 0 Å². The van der Waals surface area contributed by atoms with Crippen LogP contribution in [0.4, 0.5) is 0 Å². The number of hydrogen-bond donors (Lipinski definition) is 2. The molecule has 2 N–H and O–H groups in total. The lowest BCUT2D eigenvalue weighted by Crippen LogP contribution is -2.42. The lowest BCUT2D eigenvalue weighted by molar-refractivity contribution is -0.873. The predicted molar refractivity (Wildman–Crippen MR) is 51.6 cm³/mol. The fraction of sp³-hybridized carbons (Fsp3) is 0.857.